The van der Waals surface area contributed by atoms with Gasteiger partial charge in [-0.05, 0) is 66.6 Å². The Labute approximate surface area is 193 Å². The number of nitrogens with one attached hydrogen (secondary N) is 1. The molecule has 32 heavy (non-hydrogen) atoms. The topological polar surface area (TPSA) is 35.6 Å². The van der Waals surface area contributed by atoms with Gasteiger partial charge in [0.1, 0.15) is 5.82 Å². The molecular weight excluding hydrogens is 425 g/mol. The van der Waals surface area contributed by atoms with Crippen LogP contribution in [0.15, 0.2) is 72.8 Å². The Balaban J connectivity index is 1.29. The Morgan fingerprint density at radius 1 is 0.969 bits per heavy atom. The van der Waals surface area contributed by atoms with Crippen LogP contribution in [0.3, 0.4) is 0 Å². The van der Waals surface area contributed by atoms with E-state index in [0.717, 1.165) is 37.3 Å². The van der Waals surface area contributed by atoms with Crippen LogP contribution in [0.2, 0.25) is 5.02 Å². The van der Waals surface area contributed by atoms with Crippen LogP contribution in [-0.4, -0.2) is 36.5 Å². The van der Waals surface area contributed by atoms with Crippen LogP contribution in [0.4, 0.5) is 10.1 Å². The third-order valence-electron chi connectivity index (χ3n) is 5.92. The Hall–Kier alpha value is -2.89. The second-order valence-corrected chi connectivity index (χ2v) is 8.68. The predicted molar refractivity (Wildman–Crippen MR) is 128 cm³/mol. The highest BCUT2D eigenvalue weighted by molar-refractivity contribution is 6.30. The molecule has 0 bridgehead atoms. The first-order valence-corrected chi connectivity index (χ1v) is 11.2. The zero-order valence-electron chi connectivity index (χ0n) is 18.1. The predicted octanol–water partition coefficient (Wildman–Crippen LogP) is 5.12. The van der Waals surface area contributed by atoms with Gasteiger partial charge in [-0.2, -0.15) is 0 Å². The van der Waals surface area contributed by atoms with Crippen LogP contribution in [0.1, 0.15) is 28.4 Å². The molecule has 0 radical (unpaired) electrons. The zero-order valence-corrected chi connectivity index (χ0v) is 18.9. The van der Waals surface area contributed by atoms with E-state index in [0.29, 0.717) is 23.2 Å². The first-order chi connectivity index (χ1) is 15.5. The lowest BCUT2D eigenvalue weighted by atomic mass is 10.1. The fourth-order valence-electron chi connectivity index (χ4n) is 4.00. The van der Waals surface area contributed by atoms with Crippen LogP contribution in [0.5, 0.6) is 0 Å². The Kier molecular flexibility index (Phi) is 7.08. The van der Waals surface area contributed by atoms with Gasteiger partial charge in [-0.1, -0.05) is 35.9 Å². The Morgan fingerprint density at radius 3 is 2.28 bits per heavy atom. The highest BCUT2D eigenvalue weighted by Crippen LogP contribution is 2.21. The average molecular weight is 452 g/mol. The van der Waals surface area contributed by atoms with E-state index >= 15 is 0 Å². The van der Waals surface area contributed by atoms with Gasteiger partial charge in [0.15, 0.2) is 0 Å². The quantitative estimate of drug-likeness (QED) is 0.565. The number of hydrogen-bond donors (Lipinski definition) is 1. The number of amides is 1. The molecule has 1 unspecified atom stereocenters. The first-order valence-electron chi connectivity index (χ1n) is 10.8. The highest BCUT2D eigenvalue weighted by atomic mass is 35.5. The van der Waals surface area contributed by atoms with Gasteiger partial charge in [0, 0.05) is 55.0 Å². The van der Waals surface area contributed by atoms with Gasteiger partial charge < -0.3 is 10.2 Å². The maximum absolute atomic E-state index is 13.1. The van der Waals surface area contributed by atoms with Crippen LogP contribution in [0.25, 0.3) is 0 Å². The number of carbonyl (C=O) groups excluding carboxylic acids is 1. The number of piperazine rings is 1. The minimum Gasteiger partial charge on any atom is -0.369 e. The summed E-state index contributed by atoms with van der Waals surface area (Å²) in [5.74, 6) is -0.309. The van der Waals surface area contributed by atoms with Crippen LogP contribution in [0, 0.1) is 5.82 Å². The third-order valence-corrected chi connectivity index (χ3v) is 6.18. The van der Waals surface area contributed by atoms with Crippen molar-refractivity contribution in [3.05, 3.63) is 100 Å². The molecule has 1 fully saturated rings. The molecule has 0 saturated carbocycles. The smallest absolute Gasteiger partial charge is 0.251 e. The van der Waals surface area contributed by atoms with Crippen molar-refractivity contribution < 1.29 is 9.18 Å². The molecule has 1 atom stereocenters. The van der Waals surface area contributed by atoms with Gasteiger partial charge in [-0.15, -0.1) is 0 Å². The zero-order chi connectivity index (χ0) is 22.5. The molecule has 0 spiro atoms. The molecule has 1 aliphatic heterocycles. The number of rotatable bonds is 6. The lowest BCUT2D eigenvalue weighted by molar-refractivity contribution is 0.0951. The molecule has 1 heterocycles. The summed E-state index contributed by atoms with van der Waals surface area (Å²) < 4.78 is 13.1. The molecule has 1 N–H and O–H groups in total. The number of halogens is 2. The minimum atomic E-state index is -0.195. The van der Waals surface area contributed by atoms with E-state index in [1.54, 1.807) is 24.3 Å². The van der Waals surface area contributed by atoms with Gasteiger partial charge in [0.25, 0.3) is 5.91 Å². The fraction of sp³-hybridized carbons (Fsp3) is 0.269. The second kappa shape index (κ2) is 10.2. The van der Waals surface area contributed by atoms with Gasteiger partial charge >= 0.3 is 0 Å². The lowest BCUT2D eigenvalue weighted by Gasteiger charge is -2.41. The number of benzene rings is 3. The van der Waals surface area contributed by atoms with Crippen molar-refractivity contribution in [3.63, 3.8) is 0 Å². The lowest BCUT2D eigenvalue weighted by Crippen LogP contribution is -2.51. The molecule has 1 aliphatic rings. The number of anilines is 1. The molecule has 166 valence electrons. The SMILES string of the molecule is CC1CN(c2ccc(CNC(=O)c3ccc(Cl)cc3)cc2)CCN1Cc1ccc(F)cc1. The summed E-state index contributed by atoms with van der Waals surface area (Å²) in [5.41, 5.74) is 3.97. The van der Waals surface area contributed by atoms with E-state index in [4.69, 9.17) is 11.6 Å². The van der Waals surface area contributed by atoms with Crippen LogP contribution < -0.4 is 10.2 Å². The fourth-order valence-corrected chi connectivity index (χ4v) is 4.13. The van der Waals surface area contributed by atoms with Crippen molar-refractivity contribution in [2.45, 2.75) is 26.1 Å². The maximum Gasteiger partial charge on any atom is 0.251 e. The molecule has 0 aromatic heterocycles. The van der Waals surface area contributed by atoms with Gasteiger partial charge in [0.2, 0.25) is 0 Å². The van der Waals surface area contributed by atoms with E-state index < -0.39 is 0 Å². The summed E-state index contributed by atoms with van der Waals surface area (Å²) in [6.07, 6.45) is 0. The summed E-state index contributed by atoms with van der Waals surface area (Å²) in [5, 5.41) is 3.56. The average Bonchev–Trinajstić information content (AvgIpc) is 2.81. The second-order valence-electron chi connectivity index (χ2n) is 8.25. The molecule has 3 aromatic rings. The molecule has 4 nitrogen and oxygen atoms in total. The van der Waals surface area contributed by atoms with Crippen LogP contribution in [-0.2, 0) is 13.1 Å². The third kappa shape index (κ3) is 5.67. The van der Waals surface area contributed by atoms with Crippen molar-refractivity contribution in [1.82, 2.24) is 10.2 Å². The largest absolute Gasteiger partial charge is 0.369 e. The Bertz CT molecular complexity index is 1040. The molecule has 3 aromatic carbocycles. The van der Waals surface area contributed by atoms with Gasteiger partial charge in [0.05, 0.1) is 0 Å². The molecule has 0 aliphatic carbocycles. The standard InChI is InChI=1S/C26H27ClFN3O/c1-19-17-31(15-14-30(19)18-21-2-10-24(28)11-3-21)25-12-4-20(5-13-25)16-29-26(32)22-6-8-23(27)9-7-22/h2-13,19H,14-18H2,1H3,(H,29,32). The molecule has 6 heteroatoms. The van der Waals surface area contributed by atoms with E-state index in [1.807, 2.05) is 12.1 Å². The number of hydrogen-bond acceptors (Lipinski definition) is 3. The normalized spacial score (nSPS) is 16.7. The van der Waals surface area contributed by atoms with Crippen molar-refractivity contribution in [1.29, 1.82) is 0 Å². The molecule has 1 amide bonds. The van der Waals surface area contributed by atoms with E-state index in [2.05, 4.69) is 46.3 Å². The summed E-state index contributed by atoms with van der Waals surface area (Å²) in [6.45, 7) is 6.38. The van der Waals surface area contributed by atoms with Crippen molar-refractivity contribution >= 4 is 23.2 Å². The monoisotopic (exact) mass is 451 g/mol. The number of carbonyl (C=O) groups is 1. The minimum absolute atomic E-state index is 0.114. The summed E-state index contributed by atoms with van der Waals surface area (Å²) in [6, 6.07) is 22.4. The molecule has 4 rings (SSSR count). The van der Waals surface area contributed by atoms with Crippen molar-refractivity contribution in [3.8, 4) is 0 Å². The van der Waals surface area contributed by atoms with Gasteiger partial charge in [-0.3, -0.25) is 9.69 Å². The van der Waals surface area contributed by atoms with E-state index in [9.17, 15) is 9.18 Å². The van der Waals surface area contributed by atoms with Crippen molar-refractivity contribution in [2.75, 3.05) is 24.5 Å². The summed E-state index contributed by atoms with van der Waals surface area (Å²) >= 11 is 5.88. The van der Waals surface area contributed by atoms with Crippen molar-refractivity contribution in [2.24, 2.45) is 0 Å². The summed E-state index contributed by atoms with van der Waals surface area (Å²) in [7, 11) is 0. The molecule has 1 saturated heterocycles. The highest BCUT2D eigenvalue weighted by Gasteiger charge is 2.23. The van der Waals surface area contributed by atoms with E-state index in [1.165, 1.54) is 17.8 Å². The Morgan fingerprint density at radius 2 is 1.62 bits per heavy atom. The number of nitrogens with zero attached hydrogens (tertiary/aromatic N) is 2. The van der Waals surface area contributed by atoms with Crippen LogP contribution >= 0.6 is 11.6 Å². The first kappa shape index (κ1) is 22.3. The molecular formula is C26H27ClFN3O. The summed E-state index contributed by atoms with van der Waals surface area (Å²) in [4.78, 5) is 17.1. The maximum atomic E-state index is 13.1. The van der Waals surface area contributed by atoms with E-state index in [-0.39, 0.29) is 11.7 Å². The van der Waals surface area contributed by atoms with Gasteiger partial charge in [-0.25, -0.2) is 4.39 Å².